The number of hydrogen-bond donors (Lipinski definition) is 1. The van der Waals surface area contributed by atoms with Crippen LogP contribution in [0.4, 0.5) is 0 Å². The Morgan fingerprint density at radius 3 is 2.50 bits per heavy atom. The van der Waals surface area contributed by atoms with Crippen LogP contribution in [0, 0.1) is 6.92 Å². The predicted octanol–water partition coefficient (Wildman–Crippen LogP) is 2.00. The van der Waals surface area contributed by atoms with Crippen LogP contribution in [0.2, 0.25) is 0 Å². The molecule has 150 valence electrons. The molecule has 7 heteroatoms. The lowest BCUT2D eigenvalue weighted by Gasteiger charge is -2.44. The van der Waals surface area contributed by atoms with Crippen molar-refractivity contribution in [3.63, 3.8) is 0 Å². The van der Waals surface area contributed by atoms with Gasteiger partial charge in [-0.15, -0.1) is 0 Å². The van der Waals surface area contributed by atoms with Crippen molar-refractivity contribution >= 4 is 15.9 Å². The van der Waals surface area contributed by atoms with E-state index >= 15 is 0 Å². The number of amides is 1. The van der Waals surface area contributed by atoms with E-state index in [1.54, 1.807) is 42.3 Å². The van der Waals surface area contributed by atoms with Crippen molar-refractivity contribution in [3.8, 4) is 0 Å². The van der Waals surface area contributed by atoms with E-state index in [1.807, 2.05) is 32.0 Å². The summed E-state index contributed by atoms with van der Waals surface area (Å²) >= 11 is 0. The Balaban J connectivity index is 1.78. The van der Waals surface area contributed by atoms with E-state index in [4.69, 9.17) is 0 Å². The Hall–Kier alpha value is -2.22. The summed E-state index contributed by atoms with van der Waals surface area (Å²) in [7, 11) is -1.83. The van der Waals surface area contributed by atoms with Gasteiger partial charge in [-0.3, -0.25) is 9.69 Å². The minimum absolute atomic E-state index is 0.0508. The number of carbonyl (C=O) groups excluding carboxylic acids is 1. The van der Waals surface area contributed by atoms with Crippen molar-refractivity contribution < 1.29 is 13.2 Å². The lowest BCUT2D eigenvalue weighted by Crippen LogP contribution is -2.62. The van der Waals surface area contributed by atoms with E-state index in [0.717, 1.165) is 11.1 Å². The van der Waals surface area contributed by atoms with Gasteiger partial charge in [0.2, 0.25) is 15.9 Å². The lowest BCUT2D eigenvalue weighted by atomic mass is 10.0. The van der Waals surface area contributed by atoms with E-state index in [1.165, 1.54) is 0 Å². The highest BCUT2D eigenvalue weighted by Crippen LogP contribution is 2.20. The zero-order chi connectivity index (χ0) is 20.3. The number of carbonyl (C=O) groups is 1. The normalized spacial score (nSPS) is 21.1. The Morgan fingerprint density at radius 1 is 1.11 bits per heavy atom. The first-order valence-corrected chi connectivity index (χ1v) is 10.9. The molecule has 0 unspecified atom stereocenters. The number of sulfonamides is 1. The number of likely N-dealkylation sites (N-methyl/N-ethyl adjacent to an activating group) is 1. The molecule has 6 nitrogen and oxygen atoms in total. The minimum atomic E-state index is -3.59. The molecule has 0 bridgehead atoms. The zero-order valence-corrected chi connectivity index (χ0v) is 17.3. The molecule has 0 radical (unpaired) electrons. The average molecular weight is 402 g/mol. The molecule has 1 aliphatic heterocycles. The highest BCUT2D eigenvalue weighted by molar-refractivity contribution is 7.89. The Bertz CT molecular complexity index is 931. The fourth-order valence-electron chi connectivity index (χ4n) is 3.65. The van der Waals surface area contributed by atoms with E-state index in [0.29, 0.717) is 13.1 Å². The maximum Gasteiger partial charge on any atom is 0.240 e. The number of nitrogens with one attached hydrogen (secondary N) is 1. The van der Waals surface area contributed by atoms with Crippen LogP contribution in [0.25, 0.3) is 0 Å². The number of nitrogens with zero attached hydrogens (tertiary/aromatic N) is 2. The summed E-state index contributed by atoms with van der Waals surface area (Å²) in [5, 5.41) is 0. The van der Waals surface area contributed by atoms with E-state index in [9.17, 15) is 13.2 Å². The number of benzene rings is 2. The summed E-state index contributed by atoms with van der Waals surface area (Å²) < 4.78 is 27.9. The Morgan fingerprint density at radius 2 is 1.82 bits per heavy atom. The molecule has 2 atom stereocenters. The van der Waals surface area contributed by atoms with Crippen LogP contribution in [0.3, 0.4) is 0 Å². The molecule has 1 saturated heterocycles. The summed E-state index contributed by atoms with van der Waals surface area (Å²) in [5.74, 6) is 0.0508. The monoisotopic (exact) mass is 401 g/mol. The SMILES string of the molecule is Cc1cccc(CN2[C@H](CNS(=O)(=O)c3ccccc3)CN(C)C(=O)[C@@H]2C)c1. The Kier molecular flexibility index (Phi) is 6.17. The number of aryl methyl sites for hydroxylation is 1. The number of rotatable bonds is 6. The second-order valence-electron chi connectivity index (χ2n) is 7.37. The smallest absolute Gasteiger partial charge is 0.240 e. The molecule has 1 fully saturated rings. The third kappa shape index (κ3) is 4.60. The molecule has 0 aliphatic carbocycles. The third-order valence-electron chi connectivity index (χ3n) is 5.19. The Labute approximate surface area is 167 Å². The van der Waals surface area contributed by atoms with Gasteiger partial charge in [0.05, 0.1) is 10.9 Å². The standard InChI is InChI=1S/C21H27N3O3S/c1-16-8-7-9-18(12-16)14-24-17(2)21(25)23(3)15-19(24)13-22-28(26,27)20-10-5-4-6-11-20/h4-12,17,19,22H,13-15H2,1-3H3/t17-,19+/m0/s1. The van der Waals surface area contributed by atoms with Gasteiger partial charge in [-0.25, -0.2) is 13.1 Å². The van der Waals surface area contributed by atoms with E-state index in [2.05, 4.69) is 15.7 Å². The van der Waals surface area contributed by atoms with E-state index in [-0.39, 0.29) is 29.4 Å². The van der Waals surface area contributed by atoms with Crippen molar-refractivity contribution in [1.29, 1.82) is 0 Å². The quantitative estimate of drug-likeness (QED) is 0.804. The van der Waals surface area contributed by atoms with Gasteiger partial charge in [0.25, 0.3) is 0 Å². The zero-order valence-electron chi connectivity index (χ0n) is 16.5. The largest absolute Gasteiger partial charge is 0.343 e. The van der Waals surface area contributed by atoms with Gasteiger partial charge in [-0.05, 0) is 31.5 Å². The van der Waals surface area contributed by atoms with Crippen molar-refractivity contribution in [2.75, 3.05) is 20.1 Å². The molecule has 1 aliphatic rings. The lowest BCUT2D eigenvalue weighted by molar-refractivity contribution is -0.142. The van der Waals surface area contributed by atoms with Gasteiger partial charge in [-0.2, -0.15) is 0 Å². The van der Waals surface area contributed by atoms with Gasteiger partial charge in [-0.1, -0.05) is 48.0 Å². The van der Waals surface area contributed by atoms with Gasteiger partial charge in [0.15, 0.2) is 0 Å². The van der Waals surface area contributed by atoms with Crippen molar-refractivity contribution in [2.24, 2.45) is 0 Å². The first-order valence-electron chi connectivity index (χ1n) is 9.39. The number of hydrogen-bond acceptors (Lipinski definition) is 4. The summed E-state index contributed by atoms with van der Waals surface area (Å²) in [4.78, 5) is 16.5. The fourth-order valence-corrected chi connectivity index (χ4v) is 4.74. The maximum absolute atomic E-state index is 12.6. The summed E-state index contributed by atoms with van der Waals surface area (Å²) in [5.41, 5.74) is 2.27. The summed E-state index contributed by atoms with van der Waals surface area (Å²) in [6, 6.07) is 16.1. The van der Waals surface area contributed by atoms with Crippen LogP contribution in [-0.4, -0.2) is 56.3 Å². The van der Waals surface area contributed by atoms with Crippen LogP contribution in [0.1, 0.15) is 18.1 Å². The first kappa shape index (κ1) is 20.5. The molecule has 0 saturated carbocycles. The van der Waals surface area contributed by atoms with Crippen LogP contribution in [0.15, 0.2) is 59.5 Å². The molecule has 1 N–H and O–H groups in total. The molecular weight excluding hydrogens is 374 g/mol. The molecule has 1 amide bonds. The highest BCUT2D eigenvalue weighted by Gasteiger charge is 2.36. The minimum Gasteiger partial charge on any atom is -0.343 e. The second-order valence-corrected chi connectivity index (χ2v) is 9.14. The molecule has 0 aromatic heterocycles. The molecule has 1 heterocycles. The third-order valence-corrected chi connectivity index (χ3v) is 6.63. The molecule has 2 aromatic carbocycles. The van der Waals surface area contributed by atoms with Crippen LogP contribution in [0.5, 0.6) is 0 Å². The van der Waals surface area contributed by atoms with Crippen LogP contribution < -0.4 is 4.72 Å². The topological polar surface area (TPSA) is 69.7 Å². The van der Waals surface area contributed by atoms with Crippen molar-refractivity contribution in [1.82, 2.24) is 14.5 Å². The fraction of sp³-hybridized carbons (Fsp3) is 0.381. The van der Waals surface area contributed by atoms with Crippen molar-refractivity contribution in [2.45, 2.75) is 37.4 Å². The molecule has 3 rings (SSSR count). The van der Waals surface area contributed by atoms with Crippen molar-refractivity contribution in [3.05, 3.63) is 65.7 Å². The molecular formula is C21H27N3O3S. The van der Waals surface area contributed by atoms with Gasteiger partial charge in [0.1, 0.15) is 0 Å². The average Bonchev–Trinajstić information content (AvgIpc) is 2.68. The molecule has 28 heavy (non-hydrogen) atoms. The van der Waals surface area contributed by atoms with Gasteiger partial charge in [0, 0.05) is 32.7 Å². The number of piperazine rings is 1. The summed E-state index contributed by atoms with van der Waals surface area (Å²) in [6.45, 7) is 5.23. The predicted molar refractivity (Wildman–Crippen MR) is 109 cm³/mol. The maximum atomic E-state index is 12.6. The van der Waals surface area contributed by atoms with Crippen LogP contribution in [-0.2, 0) is 21.4 Å². The molecule has 2 aromatic rings. The first-order chi connectivity index (χ1) is 13.3. The highest BCUT2D eigenvalue weighted by atomic mass is 32.2. The second kappa shape index (κ2) is 8.43. The van der Waals surface area contributed by atoms with E-state index < -0.39 is 10.0 Å². The van der Waals surface area contributed by atoms with Gasteiger partial charge < -0.3 is 4.90 Å². The van der Waals surface area contributed by atoms with Crippen LogP contribution >= 0.6 is 0 Å². The summed E-state index contributed by atoms with van der Waals surface area (Å²) in [6.07, 6.45) is 0. The van der Waals surface area contributed by atoms with Gasteiger partial charge >= 0.3 is 0 Å². The molecule has 0 spiro atoms.